The van der Waals surface area contributed by atoms with Gasteiger partial charge in [0.2, 0.25) is 5.91 Å². The lowest BCUT2D eigenvalue weighted by Crippen LogP contribution is -2.48. The highest BCUT2D eigenvalue weighted by Crippen LogP contribution is 2.48. The second kappa shape index (κ2) is 7.12. The van der Waals surface area contributed by atoms with Gasteiger partial charge in [-0.15, -0.1) is 0 Å². The topological polar surface area (TPSA) is 52.7 Å². The first-order chi connectivity index (χ1) is 13.0. The van der Waals surface area contributed by atoms with Crippen LogP contribution in [0.5, 0.6) is 0 Å². The van der Waals surface area contributed by atoms with Crippen molar-refractivity contribution < 1.29 is 12.4 Å². The zero-order chi connectivity index (χ0) is 19.1. The Morgan fingerprint density at radius 2 is 2.19 bits per heavy atom. The van der Waals surface area contributed by atoms with Crippen LogP contribution in [0.3, 0.4) is 0 Å². The largest absolute Gasteiger partial charge is 0.384 e. The third-order valence-electron chi connectivity index (χ3n) is 6.37. The average molecular weight is 372 g/mol. The van der Waals surface area contributed by atoms with Gasteiger partial charge in [0.1, 0.15) is 5.78 Å². The van der Waals surface area contributed by atoms with E-state index in [-0.39, 0.29) is 20.5 Å². The molecule has 0 bridgehead atoms. The molecule has 1 amide bonds. The van der Waals surface area contributed by atoms with Crippen molar-refractivity contribution >= 4 is 23.0 Å². The first kappa shape index (κ1) is 18.2. The number of anilines is 1. The lowest BCUT2D eigenvalue weighted by molar-refractivity contribution is -0.135. The normalized spacial score (nSPS) is 25.9. The summed E-state index contributed by atoms with van der Waals surface area (Å²) in [5, 5.41) is 3.54. The van der Waals surface area contributed by atoms with Crippen molar-refractivity contribution in [2.45, 2.75) is 38.6 Å². The number of fused-ring (bicyclic) bond motifs is 2. The van der Waals surface area contributed by atoms with Gasteiger partial charge in [-0.3, -0.25) is 14.5 Å². The highest BCUT2D eigenvalue weighted by atomic mass is 16.2. The van der Waals surface area contributed by atoms with Crippen LogP contribution >= 0.6 is 0 Å². The highest BCUT2D eigenvalue weighted by molar-refractivity contribution is 5.88. The van der Waals surface area contributed by atoms with Gasteiger partial charge in [-0.25, -0.2) is 0 Å². The molecule has 3 aliphatic rings. The Morgan fingerprint density at radius 1 is 1.37 bits per heavy atom. The number of ketones is 1. The van der Waals surface area contributed by atoms with Gasteiger partial charge in [-0.1, -0.05) is 18.2 Å². The Balaban J connectivity index is 0.00000150. The van der Waals surface area contributed by atoms with Crippen LogP contribution in [0.25, 0.3) is 5.57 Å². The van der Waals surface area contributed by atoms with E-state index >= 15 is 0 Å². The summed E-state index contributed by atoms with van der Waals surface area (Å²) >= 11 is 0. The van der Waals surface area contributed by atoms with Crippen LogP contribution in [0.4, 0.5) is 5.69 Å². The molecule has 5 nitrogen and oxygen atoms in total. The number of rotatable bonds is 5. The maximum Gasteiger partial charge on any atom is 0.230 e. The second-order valence-corrected chi connectivity index (χ2v) is 8.13. The summed E-state index contributed by atoms with van der Waals surface area (Å²) in [6, 6.07) is 6.87. The molecule has 3 unspecified atom stereocenters. The minimum absolute atomic E-state index is 0. The third kappa shape index (κ3) is 3.18. The van der Waals surface area contributed by atoms with Gasteiger partial charge in [-0.05, 0) is 50.1 Å². The molecule has 1 aromatic rings. The van der Waals surface area contributed by atoms with Crippen molar-refractivity contribution in [3.63, 3.8) is 0 Å². The number of hydrogen-bond donors (Lipinski definition) is 1. The van der Waals surface area contributed by atoms with Crippen LogP contribution in [0.15, 0.2) is 24.3 Å². The molecule has 0 radical (unpaired) electrons. The molecule has 3 atom stereocenters. The number of likely N-dealkylation sites (N-methyl/N-ethyl adjacent to an activating group) is 1. The van der Waals surface area contributed by atoms with Crippen molar-refractivity contribution in [3.05, 3.63) is 35.4 Å². The summed E-state index contributed by atoms with van der Waals surface area (Å²) in [7, 11) is 2.14. The Bertz CT molecular complexity index is 811. The van der Waals surface area contributed by atoms with Gasteiger partial charge < -0.3 is 10.2 Å². The van der Waals surface area contributed by atoms with Crippen molar-refractivity contribution in [1.82, 2.24) is 9.80 Å². The minimum Gasteiger partial charge on any atom is -0.384 e. The molecule has 1 N–H and O–H groups in total. The van der Waals surface area contributed by atoms with Gasteiger partial charge >= 0.3 is 0 Å². The monoisotopic (exact) mass is 371 g/mol. The molecule has 5 heteroatoms. The molecule has 0 saturated heterocycles. The fourth-order valence-electron chi connectivity index (χ4n) is 4.95. The molecular weight excluding hydrogens is 338 g/mol. The van der Waals surface area contributed by atoms with E-state index in [0.717, 1.165) is 19.5 Å². The Morgan fingerprint density at radius 3 is 2.93 bits per heavy atom. The van der Waals surface area contributed by atoms with E-state index in [0.29, 0.717) is 31.5 Å². The molecule has 1 aliphatic carbocycles. The first-order valence-electron chi connectivity index (χ1n) is 10.1. The molecule has 2 aliphatic heterocycles. The smallest absolute Gasteiger partial charge is 0.230 e. The molecule has 27 heavy (non-hydrogen) atoms. The zero-order valence-electron chi connectivity index (χ0n) is 16.5. The number of nitrogens with one attached hydrogen (secondary N) is 1. The summed E-state index contributed by atoms with van der Waals surface area (Å²) in [6.07, 6.45) is 3.76. The number of nitrogens with zero attached hydrogens (tertiary/aromatic N) is 2. The average Bonchev–Trinajstić information content (AvgIpc) is 3.07. The minimum atomic E-state index is -0.144. The van der Waals surface area contributed by atoms with Crippen LogP contribution in [-0.4, -0.2) is 60.8 Å². The Labute approximate surface area is 164 Å². The molecule has 0 saturated carbocycles. The molecule has 4 rings (SSSR count). The molecular formula is C22H33N3O2. The van der Waals surface area contributed by atoms with Crippen molar-refractivity contribution in [2.75, 3.05) is 38.5 Å². The van der Waals surface area contributed by atoms with E-state index in [1.807, 2.05) is 11.8 Å². The summed E-state index contributed by atoms with van der Waals surface area (Å²) in [5.41, 5.74) is 5.31. The van der Waals surface area contributed by atoms with E-state index in [4.69, 9.17) is 0 Å². The number of amides is 1. The lowest BCUT2D eigenvalue weighted by Gasteiger charge is -2.42. The lowest BCUT2D eigenvalue weighted by atomic mass is 9.74. The molecule has 0 spiro atoms. The third-order valence-corrected chi connectivity index (χ3v) is 6.37. The number of carbonyl (C=O) groups is 2. The van der Waals surface area contributed by atoms with E-state index in [1.54, 1.807) is 6.92 Å². The molecule has 0 fully saturated rings. The number of Topliss-reactive ketones (excluding diaryl/α,β-unsaturated/α-hetero) is 1. The van der Waals surface area contributed by atoms with Crippen LogP contribution < -0.4 is 5.32 Å². The standard InChI is InChI=1S/C22H29N3O2.2H2/c1-4-25(9-8-14(2)26)22(27)16-10-18-17-6-5-7-19-21(17)15(12-23-19)11-20(18)24(3)13-16;;/h5-7,10,15-16,20,23H,4,8-9,11-13H2,1-3H3;2*1H. The summed E-state index contributed by atoms with van der Waals surface area (Å²) in [6.45, 7) is 6.50. The van der Waals surface area contributed by atoms with Gasteiger partial charge in [0.25, 0.3) is 0 Å². The number of hydrogen-bond acceptors (Lipinski definition) is 4. The van der Waals surface area contributed by atoms with Crippen molar-refractivity contribution in [2.24, 2.45) is 5.92 Å². The predicted octanol–water partition coefficient (Wildman–Crippen LogP) is 3.23. The van der Waals surface area contributed by atoms with Crippen molar-refractivity contribution in [3.8, 4) is 0 Å². The highest BCUT2D eigenvalue weighted by Gasteiger charge is 2.41. The molecule has 1 aromatic carbocycles. The maximum absolute atomic E-state index is 13.1. The van der Waals surface area contributed by atoms with Gasteiger partial charge in [0.15, 0.2) is 0 Å². The van der Waals surface area contributed by atoms with E-state index < -0.39 is 0 Å². The Hall–Kier alpha value is -2.14. The molecule has 2 heterocycles. The summed E-state index contributed by atoms with van der Waals surface area (Å²) in [4.78, 5) is 28.7. The quantitative estimate of drug-likeness (QED) is 0.863. The van der Waals surface area contributed by atoms with Crippen LogP contribution in [0.1, 0.15) is 46.6 Å². The van der Waals surface area contributed by atoms with Crippen LogP contribution in [-0.2, 0) is 9.59 Å². The van der Waals surface area contributed by atoms with Gasteiger partial charge in [-0.2, -0.15) is 0 Å². The van der Waals surface area contributed by atoms with E-state index in [2.05, 4.69) is 41.5 Å². The number of benzene rings is 1. The summed E-state index contributed by atoms with van der Waals surface area (Å²) < 4.78 is 0. The van der Waals surface area contributed by atoms with Gasteiger partial charge in [0.05, 0.1) is 5.92 Å². The first-order valence-corrected chi connectivity index (χ1v) is 10.1. The Kier molecular flexibility index (Phi) is 4.81. The van der Waals surface area contributed by atoms with Gasteiger partial charge in [0, 0.05) is 53.1 Å². The zero-order valence-corrected chi connectivity index (χ0v) is 16.5. The fourth-order valence-corrected chi connectivity index (χ4v) is 4.95. The maximum atomic E-state index is 13.1. The SMILES string of the molecule is CCN(CCC(C)=O)C(=O)C1C=C2c3cccc4c3C(CN4)CC2N(C)C1.[HH].[HH]. The van der Waals surface area contributed by atoms with E-state index in [9.17, 15) is 9.59 Å². The van der Waals surface area contributed by atoms with Crippen molar-refractivity contribution in [1.29, 1.82) is 0 Å². The molecule has 0 aromatic heterocycles. The predicted molar refractivity (Wildman–Crippen MR) is 112 cm³/mol. The van der Waals surface area contributed by atoms with Crippen LogP contribution in [0, 0.1) is 5.92 Å². The number of carbonyl (C=O) groups excluding carboxylic acids is 2. The van der Waals surface area contributed by atoms with Crippen LogP contribution in [0.2, 0.25) is 0 Å². The molecule has 148 valence electrons. The van der Waals surface area contributed by atoms with E-state index in [1.165, 1.54) is 22.4 Å². The summed E-state index contributed by atoms with van der Waals surface area (Å²) in [5.74, 6) is 0.696. The fraction of sp³-hybridized carbons (Fsp3) is 0.545. The second-order valence-electron chi connectivity index (χ2n) is 8.13.